The van der Waals surface area contributed by atoms with Gasteiger partial charge in [0.2, 0.25) is 0 Å². The summed E-state index contributed by atoms with van der Waals surface area (Å²) in [6, 6.07) is 14.5. The van der Waals surface area contributed by atoms with Crippen molar-refractivity contribution in [3.63, 3.8) is 0 Å². The van der Waals surface area contributed by atoms with Crippen molar-refractivity contribution in [1.29, 1.82) is 0 Å². The van der Waals surface area contributed by atoms with Crippen LogP contribution in [0, 0.1) is 27.7 Å². The maximum atomic E-state index is 4.59. The molecule has 0 heterocycles. The number of aryl methyl sites for hydroxylation is 3. The highest BCUT2D eigenvalue weighted by atomic mass is 14.8. The van der Waals surface area contributed by atoms with Crippen molar-refractivity contribution in [3.05, 3.63) is 76.5 Å². The van der Waals surface area contributed by atoms with Crippen LogP contribution < -0.4 is 0 Å². The van der Waals surface area contributed by atoms with Gasteiger partial charge in [-0.05, 0) is 82.4 Å². The second-order valence-corrected chi connectivity index (χ2v) is 6.22. The van der Waals surface area contributed by atoms with Gasteiger partial charge in [-0.25, -0.2) is 0 Å². The molecule has 0 aliphatic rings. The minimum atomic E-state index is 1.000. The van der Waals surface area contributed by atoms with Crippen LogP contribution >= 0.6 is 0 Å². The highest BCUT2D eigenvalue weighted by molar-refractivity contribution is 5.99. The first-order valence-electron chi connectivity index (χ1n) is 8.65. The van der Waals surface area contributed by atoms with Crippen LogP contribution in [0.15, 0.2) is 64.2 Å². The first-order chi connectivity index (χ1) is 11.9. The van der Waals surface area contributed by atoms with Crippen LogP contribution in [0.25, 0.3) is 0 Å². The Labute approximate surface area is 153 Å². The Morgan fingerprint density at radius 2 is 1.36 bits per heavy atom. The second-order valence-electron chi connectivity index (χ2n) is 6.22. The molecule has 132 valence electrons. The lowest BCUT2D eigenvalue weighted by molar-refractivity contribution is 1.27. The molecule has 0 saturated carbocycles. The molecule has 0 fully saturated rings. The zero-order valence-corrected chi connectivity index (χ0v) is 16.6. The van der Waals surface area contributed by atoms with Gasteiger partial charge < -0.3 is 0 Å². The van der Waals surface area contributed by atoms with Gasteiger partial charge >= 0.3 is 0 Å². The van der Waals surface area contributed by atoms with Crippen LogP contribution in [0.1, 0.15) is 43.0 Å². The predicted molar refractivity (Wildman–Crippen MR) is 113 cm³/mol. The molecule has 0 aromatic heterocycles. The Morgan fingerprint density at radius 1 is 0.800 bits per heavy atom. The van der Waals surface area contributed by atoms with Crippen LogP contribution in [-0.4, -0.2) is 11.9 Å². The van der Waals surface area contributed by atoms with Gasteiger partial charge in [-0.3, -0.25) is 9.98 Å². The SMILES string of the molecule is CC=N/C=C(\C)C(C)=Nc1ccccc1C.Cc1cccc(C)c1C. The van der Waals surface area contributed by atoms with Crippen LogP contribution in [0.5, 0.6) is 0 Å². The maximum absolute atomic E-state index is 4.59. The highest BCUT2D eigenvalue weighted by Crippen LogP contribution is 2.18. The molecule has 0 radical (unpaired) electrons. The topological polar surface area (TPSA) is 24.7 Å². The van der Waals surface area contributed by atoms with Gasteiger partial charge in [0.15, 0.2) is 0 Å². The average molecular weight is 335 g/mol. The van der Waals surface area contributed by atoms with E-state index in [-0.39, 0.29) is 0 Å². The molecule has 25 heavy (non-hydrogen) atoms. The van der Waals surface area contributed by atoms with Crippen molar-refractivity contribution >= 4 is 17.6 Å². The maximum Gasteiger partial charge on any atom is 0.0662 e. The molecule has 0 amide bonds. The molecule has 2 aromatic carbocycles. The number of hydrogen-bond donors (Lipinski definition) is 0. The molecule has 2 nitrogen and oxygen atoms in total. The summed E-state index contributed by atoms with van der Waals surface area (Å²) in [5.41, 5.74) is 8.48. The number of rotatable bonds is 3. The summed E-state index contributed by atoms with van der Waals surface area (Å²) < 4.78 is 0. The largest absolute Gasteiger partial charge is 0.269 e. The summed E-state index contributed by atoms with van der Waals surface area (Å²) in [5.74, 6) is 0. The van der Waals surface area contributed by atoms with E-state index >= 15 is 0 Å². The monoisotopic (exact) mass is 334 g/mol. The smallest absolute Gasteiger partial charge is 0.0662 e. The van der Waals surface area contributed by atoms with Crippen molar-refractivity contribution < 1.29 is 0 Å². The quantitative estimate of drug-likeness (QED) is 0.558. The predicted octanol–water partition coefficient (Wildman–Crippen LogP) is 6.69. The molecule has 0 N–H and O–H groups in total. The Morgan fingerprint density at radius 3 is 1.88 bits per heavy atom. The fourth-order valence-corrected chi connectivity index (χ4v) is 2.14. The fraction of sp³-hybridized carbons (Fsp3) is 0.304. The number of benzene rings is 2. The van der Waals surface area contributed by atoms with E-state index in [0.717, 1.165) is 17.0 Å². The second kappa shape index (κ2) is 10.4. The van der Waals surface area contributed by atoms with E-state index in [1.807, 2.05) is 45.2 Å². The lowest BCUT2D eigenvalue weighted by Gasteiger charge is -2.02. The van der Waals surface area contributed by atoms with Crippen LogP contribution in [0.4, 0.5) is 5.69 Å². The molecule has 0 aliphatic heterocycles. The third-order valence-corrected chi connectivity index (χ3v) is 4.27. The first-order valence-corrected chi connectivity index (χ1v) is 8.65. The number of nitrogens with zero attached hydrogens (tertiary/aromatic N) is 2. The molecule has 0 spiro atoms. The third-order valence-electron chi connectivity index (χ3n) is 4.27. The van der Waals surface area contributed by atoms with Gasteiger partial charge in [-0.2, -0.15) is 0 Å². The number of allylic oxidation sites excluding steroid dienone is 1. The zero-order chi connectivity index (χ0) is 18.8. The number of hydrogen-bond acceptors (Lipinski definition) is 2. The molecule has 2 heteroatoms. The summed E-state index contributed by atoms with van der Waals surface area (Å²) in [6.07, 6.45) is 3.60. The van der Waals surface area contributed by atoms with E-state index in [1.54, 1.807) is 6.21 Å². The zero-order valence-electron chi connectivity index (χ0n) is 16.6. The number of aliphatic imine (C=N–C) groups is 2. The molecule has 0 saturated heterocycles. The minimum Gasteiger partial charge on any atom is -0.269 e. The minimum absolute atomic E-state index is 1.000. The van der Waals surface area contributed by atoms with Crippen molar-refractivity contribution in [1.82, 2.24) is 0 Å². The standard InChI is InChI=1S/C14H18N2.C9H12/c1-5-15-10-12(3)13(4)16-14-9-7-6-8-11(14)2;1-7-5-4-6-8(2)9(7)3/h5-10H,1-4H3;4-6H,1-3H3/b12-10+,15-5?,16-13?;. The third kappa shape index (κ3) is 6.88. The summed E-state index contributed by atoms with van der Waals surface area (Å²) in [7, 11) is 0. The van der Waals surface area contributed by atoms with Crippen molar-refractivity contribution in [3.8, 4) is 0 Å². The Bertz CT molecular complexity index is 760. The van der Waals surface area contributed by atoms with Crippen LogP contribution in [-0.2, 0) is 0 Å². The molecule has 0 atom stereocenters. The summed E-state index contributed by atoms with van der Waals surface area (Å²) in [6.45, 7) is 14.4. The van der Waals surface area contributed by atoms with E-state index < -0.39 is 0 Å². The molecule has 0 bridgehead atoms. The van der Waals surface area contributed by atoms with E-state index in [0.29, 0.717) is 0 Å². The van der Waals surface area contributed by atoms with Crippen molar-refractivity contribution in [2.75, 3.05) is 0 Å². The van der Waals surface area contributed by atoms with Crippen LogP contribution in [0.3, 0.4) is 0 Å². The normalized spacial score (nSPS) is 12.1. The number of para-hydroxylation sites is 1. The molecular formula is C23H30N2. The molecule has 0 aliphatic carbocycles. The lowest BCUT2D eigenvalue weighted by Crippen LogP contribution is -1.92. The Balaban J connectivity index is 0.000000293. The van der Waals surface area contributed by atoms with Gasteiger partial charge in [0.1, 0.15) is 0 Å². The summed E-state index contributed by atoms with van der Waals surface area (Å²) >= 11 is 0. The van der Waals surface area contributed by atoms with E-state index in [4.69, 9.17) is 0 Å². The fourth-order valence-electron chi connectivity index (χ4n) is 2.14. The van der Waals surface area contributed by atoms with Crippen molar-refractivity contribution in [2.45, 2.75) is 48.5 Å². The van der Waals surface area contributed by atoms with Crippen molar-refractivity contribution in [2.24, 2.45) is 9.98 Å². The molecular weight excluding hydrogens is 304 g/mol. The van der Waals surface area contributed by atoms with E-state index in [9.17, 15) is 0 Å². The summed E-state index contributed by atoms with van der Waals surface area (Å²) in [4.78, 5) is 8.67. The van der Waals surface area contributed by atoms with Gasteiger partial charge in [-0.15, -0.1) is 0 Å². The highest BCUT2D eigenvalue weighted by Gasteiger charge is 1.97. The Hall–Kier alpha value is -2.48. The van der Waals surface area contributed by atoms with Gasteiger partial charge in [0.25, 0.3) is 0 Å². The molecule has 2 aromatic rings. The van der Waals surface area contributed by atoms with Gasteiger partial charge in [-0.1, -0.05) is 36.4 Å². The van der Waals surface area contributed by atoms with E-state index in [1.165, 1.54) is 22.3 Å². The summed E-state index contributed by atoms with van der Waals surface area (Å²) in [5, 5.41) is 0. The lowest BCUT2D eigenvalue weighted by atomic mass is 10.1. The van der Waals surface area contributed by atoms with Gasteiger partial charge in [0.05, 0.1) is 5.69 Å². The first kappa shape index (κ1) is 20.6. The van der Waals surface area contributed by atoms with Gasteiger partial charge in [0, 0.05) is 18.1 Å². The molecule has 2 rings (SSSR count). The van der Waals surface area contributed by atoms with Crippen LogP contribution in [0.2, 0.25) is 0 Å². The average Bonchev–Trinajstić information content (AvgIpc) is 2.60. The molecule has 0 unspecified atom stereocenters. The van der Waals surface area contributed by atoms with E-state index in [2.05, 4.69) is 61.9 Å². The Kier molecular flexibility index (Phi) is 8.55.